The fraction of sp³-hybridized carbons (Fsp3) is 0.833. The Kier molecular flexibility index (Phi) is 4.56. The van der Waals surface area contributed by atoms with Crippen LogP contribution in [0.25, 0.3) is 0 Å². The Morgan fingerprint density at radius 1 is 1.54 bits per heavy atom. The molecule has 0 aromatic heterocycles. The number of carbonyl (C=O) groups excluding carboxylic acids is 1. The smallest absolute Gasteiger partial charge is 0.341 e. The summed E-state index contributed by atoms with van der Waals surface area (Å²) in [6.45, 7) is 2.95. The minimum absolute atomic E-state index is 0.275. The second-order valence-corrected chi connectivity index (χ2v) is 4.78. The van der Waals surface area contributed by atoms with E-state index in [-0.39, 0.29) is 12.5 Å². The molecule has 0 bridgehead atoms. The summed E-state index contributed by atoms with van der Waals surface area (Å²) in [6.07, 6.45) is 0. The highest BCUT2D eigenvalue weighted by molar-refractivity contribution is 7.52. The van der Waals surface area contributed by atoms with Crippen molar-refractivity contribution in [2.45, 2.75) is 19.6 Å². The van der Waals surface area contributed by atoms with E-state index in [4.69, 9.17) is 15.5 Å². The zero-order valence-corrected chi connectivity index (χ0v) is 8.49. The lowest BCUT2D eigenvalue weighted by molar-refractivity contribution is -0.120. The number of carbonyl (C=O) groups is 1. The van der Waals surface area contributed by atoms with Crippen molar-refractivity contribution in [2.24, 2.45) is 11.7 Å². The summed E-state index contributed by atoms with van der Waals surface area (Å²) >= 11 is 0. The third-order valence-corrected chi connectivity index (χ3v) is 2.94. The molecule has 0 saturated carbocycles. The average molecular weight is 210 g/mol. The Labute approximate surface area is 76.7 Å². The van der Waals surface area contributed by atoms with Gasteiger partial charge < -0.3 is 20.8 Å². The molecule has 1 atom stereocenters. The van der Waals surface area contributed by atoms with E-state index in [0.29, 0.717) is 0 Å². The zero-order valence-electron chi connectivity index (χ0n) is 7.60. The average Bonchev–Trinajstić information content (AvgIpc) is 1.96. The monoisotopic (exact) mass is 210 g/mol. The summed E-state index contributed by atoms with van der Waals surface area (Å²) < 4.78 is 10.9. The fourth-order valence-electron chi connectivity index (χ4n) is 0.863. The molecule has 0 radical (unpaired) electrons. The first-order valence-corrected chi connectivity index (χ1v) is 5.51. The second-order valence-electron chi connectivity index (χ2n) is 3.05. The summed E-state index contributed by atoms with van der Waals surface area (Å²) in [5.41, 5.74) is 5.00. The minimum Gasteiger partial charge on any atom is -0.341 e. The third-order valence-electron chi connectivity index (χ3n) is 1.49. The molecule has 0 fully saturated rings. The molecule has 0 aliphatic carbocycles. The van der Waals surface area contributed by atoms with Gasteiger partial charge in [0.1, 0.15) is 5.78 Å². The van der Waals surface area contributed by atoms with Gasteiger partial charge in [0.25, 0.3) is 0 Å². The maximum Gasteiger partial charge on any atom is 0.347 e. The van der Waals surface area contributed by atoms with Gasteiger partial charge in [-0.25, -0.2) is 0 Å². The summed E-state index contributed by atoms with van der Waals surface area (Å²) in [5.74, 6) is -2.05. The van der Waals surface area contributed by atoms with E-state index in [9.17, 15) is 9.36 Å². The normalized spacial score (nSPS) is 14.3. The topological polar surface area (TPSA) is 113 Å². The first kappa shape index (κ1) is 12.6. The Bertz CT molecular complexity index is 225. The predicted octanol–water partition coefficient (Wildman–Crippen LogP) is -0.779. The molecule has 0 saturated heterocycles. The Balaban J connectivity index is 4.46. The Morgan fingerprint density at radius 3 is 2.23 bits per heavy atom. The molecule has 7 heteroatoms. The highest BCUT2D eigenvalue weighted by Gasteiger charge is 2.32. The molecule has 0 spiro atoms. The van der Waals surface area contributed by atoms with E-state index >= 15 is 0 Å². The molecule has 1 unspecified atom stereocenters. The van der Waals surface area contributed by atoms with E-state index < -0.39 is 19.3 Å². The van der Waals surface area contributed by atoms with E-state index in [1.54, 1.807) is 13.8 Å². The lowest BCUT2D eigenvalue weighted by Gasteiger charge is -2.22. The fourth-order valence-corrected chi connectivity index (χ4v) is 1.95. The van der Waals surface area contributed by atoms with Crippen molar-refractivity contribution < 1.29 is 19.1 Å². The van der Waals surface area contributed by atoms with Crippen LogP contribution in [0.15, 0.2) is 0 Å². The Hall–Kier alpha value is -0.420. The number of nitrogens with one attached hydrogen (secondary N) is 1. The number of rotatable bonds is 4. The number of hydrogen-bond donors (Lipinski definition) is 4. The van der Waals surface area contributed by atoms with Crippen LogP contribution in [0.5, 0.6) is 0 Å². The first-order chi connectivity index (χ1) is 5.79. The molecule has 13 heavy (non-hydrogen) atoms. The maximum atomic E-state index is 10.9. The van der Waals surface area contributed by atoms with Crippen LogP contribution in [0.2, 0.25) is 0 Å². The molecule has 6 nitrogen and oxygen atoms in total. The van der Waals surface area contributed by atoms with Crippen molar-refractivity contribution in [3.8, 4) is 0 Å². The van der Waals surface area contributed by atoms with E-state index in [1.165, 1.54) is 0 Å². The predicted molar refractivity (Wildman–Crippen MR) is 47.9 cm³/mol. The molecular formula is C6H15N2O4P. The van der Waals surface area contributed by atoms with Gasteiger partial charge >= 0.3 is 7.60 Å². The molecule has 5 N–H and O–H groups in total. The second kappa shape index (κ2) is 4.72. The molecule has 0 aliphatic rings. The van der Waals surface area contributed by atoms with Gasteiger partial charge in [-0.1, -0.05) is 13.8 Å². The van der Waals surface area contributed by atoms with Crippen LogP contribution in [-0.4, -0.2) is 28.0 Å². The van der Waals surface area contributed by atoms with Crippen LogP contribution in [0.1, 0.15) is 13.8 Å². The van der Waals surface area contributed by atoms with Gasteiger partial charge in [0, 0.05) is 0 Å². The van der Waals surface area contributed by atoms with Gasteiger partial charge in [-0.05, 0) is 5.92 Å². The quantitative estimate of drug-likeness (QED) is 0.455. The highest BCUT2D eigenvalue weighted by atomic mass is 31.2. The lowest BCUT2D eigenvalue weighted by atomic mass is 10.2. The van der Waals surface area contributed by atoms with Crippen molar-refractivity contribution in [3.05, 3.63) is 0 Å². The largest absolute Gasteiger partial charge is 0.347 e. The number of hydrogen-bond acceptors (Lipinski definition) is 3. The number of nitrogens with two attached hydrogens (primary N) is 1. The van der Waals surface area contributed by atoms with Gasteiger partial charge in [-0.3, -0.25) is 9.36 Å². The summed E-state index contributed by atoms with van der Waals surface area (Å²) in [5, 5.41) is 2.18. The molecule has 0 aromatic rings. The highest BCUT2D eigenvalue weighted by Crippen LogP contribution is 2.43. The van der Waals surface area contributed by atoms with Crippen molar-refractivity contribution in [2.75, 3.05) is 6.54 Å². The summed E-state index contributed by atoms with van der Waals surface area (Å²) in [4.78, 5) is 28.5. The van der Waals surface area contributed by atoms with Crippen LogP contribution in [0, 0.1) is 5.92 Å². The van der Waals surface area contributed by atoms with Crippen LogP contribution < -0.4 is 11.1 Å². The van der Waals surface area contributed by atoms with Crippen LogP contribution >= 0.6 is 7.60 Å². The van der Waals surface area contributed by atoms with Gasteiger partial charge in [0.2, 0.25) is 5.91 Å². The molecule has 0 aliphatic heterocycles. The Morgan fingerprint density at radius 2 is 2.00 bits per heavy atom. The van der Waals surface area contributed by atoms with Gasteiger partial charge in [0.15, 0.2) is 0 Å². The van der Waals surface area contributed by atoms with Gasteiger partial charge in [-0.2, -0.15) is 0 Å². The maximum absolute atomic E-state index is 10.9. The molecular weight excluding hydrogens is 195 g/mol. The number of amides is 1. The van der Waals surface area contributed by atoms with Crippen LogP contribution in [0.3, 0.4) is 0 Å². The van der Waals surface area contributed by atoms with Crippen LogP contribution in [-0.2, 0) is 9.36 Å². The molecule has 0 heterocycles. The third kappa shape index (κ3) is 4.38. The van der Waals surface area contributed by atoms with E-state index in [0.717, 1.165) is 0 Å². The zero-order chi connectivity index (χ0) is 10.6. The van der Waals surface area contributed by atoms with Crippen molar-refractivity contribution in [1.82, 2.24) is 5.32 Å². The van der Waals surface area contributed by atoms with Gasteiger partial charge in [-0.15, -0.1) is 0 Å². The SMILES string of the molecule is CC(C)C(NC(=O)CN)P(=O)(O)O. The van der Waals surface area contributed by atoms with E-state index in [1.807, 2.05) is 0 Å². The first-order valence-electron chi connectivity index (χ1n) is 3.83. The van der Waals surface area contributed by atoms with Crippen molar-refractivity contribution in [1.29, 1.82) is 0 Å². The van der Waals surface area contributed by atoms with Crippen LogP contribution in [0.4, 0.5) is 0 Å². The summed E-state index contributed by atoms with van der Waals surface area (Å²) in [6, 6.07) is 0. The molecule has 0 rings (SSSR count). The molecule has 0 aromatic carbocycles. The lowest BCUT2D eigenvalue weighted by Crippen LogP contribution is -2.41. The minimum atomic E-state index is -4.29. The van der Waals surface area contributed by atoms with Crippen molar-refractivity contribution in [3.63, 3.8) is 0 Å². The standard InChI is InChI=1S/C6H15N2O4P/c1-4(2)6(13(10,11)12)8-5(9)3-7/h4,6H,3,7H2,1-2H3,(H,8,9)(H2,10,11,12). The summed E-state index contributed by atoms with van der Waals surface area (Å²) in [7, 11) is -4.29. The van der Waals surface area contributed by atoms with Gasteiger partial charge in [0.05, 0.1) is 6.54 Å². The van der Waals surface area contributed by atoms with E-state index in [2.05, 4.69) is 5.32 Å². The molecule has 78 valence electrons. The molecule has 1 amide bonds. The van der Waals surface area contributed by atoms with Crippen molar-refractivity contribution >= 4 is 13.5 Å².